The molecule has 3 heterocycles. The average molecular weight is 461 g/mol. The molecule has 0 spiro atoms. The van der Waals surface area contributed by atoms with Crippen LogP contribution in [-0.4, -0.2) is 41.4 Å². The van der Waals surface area contributed by atoms with E-state index >= 15 is 0 Å². The third-order valence-electron chi connectivity index (χ3n) is 6.68. The lowest BCUT2D eigenvalue weighted by atomic mass is 9.85. The van der Waals surface area contributed by atoms with Crippen LogP contribution in [0.25, 0.3) is 21.7 Å². The molecular weight excluding hydrogens is 428 g/mol. The zero-order chi connectivity index (χ0) is 23.3. The third-order valence-corrected chi connectivity index (χ3v) is 6.68. The summed E-state index contributed by atoms with van der Waals surface area (Å²) in [5.74, 6) is 1.48. The smallest absolute Gasteiger partial charge is 0.260 e. The fourth-order valence-corrected chi connectivity index (χ4v) is 4.54. The van der Waals surface area contributed by atoms with Gasteiger partial charge in [0.05, 0.1) is 24.7 Å². The summed E-state index contributed by atoms with van der Waals surface area (Å²) in [6, 6.07) is 10.5. The number of rotatable bonds is 11. The van der Waals surface area contributed by atoms with Gasteiger partial charge in [-0.1, -0.05) is 18.6 Å². The molecule has 1 aromatic carbocycles. The second kappa shape index (κ2) is 10.4. The summed E-state index contributed by atoms with van der Waals surface area (Å²) in [5.41, 5.74) is 3.29. The van der Waals surface area contributed by atoms with Gasteiger partial charge in [-0.3, -0.25) is 9.78 Å². The Morgan fingerprint density at radius 3 is 2.88 bits per heavy atom. The minimum Gasteiger partial charge on any atom is -0.491 e. The fraction of sp³-hybridized carbons (Fsp3) is 0.407. The van der Waals surface area contributed by atoms with Crippen molar-refractivity contribution in [3.63, 3.8) is 0 Å². The molecule has 7 heteroatoms. The SMILES string of the molecule is COCCCOc1cncc2c(=O)n(Cc3ccc4cc(CNCC5CCC5)[nH]c4c3)ccc12. The van der Waals surface area contributed by atoms with Gasteiger partial charge in [-0.2, -0.15) is 0 Å². The summed E-state index contributed by atoms with van der Waals surface area (Å²) in [6.07, 6.45) is 9.99. The van der Waals surface area contributed by atoms with Gasteiger partial charge >= 0.3 is 0 Å². The lowest BCUT2D eigenvalue weighted by Gasteiger charge is -2.25. The highest BCUT2D eigenvalue weighted by molar-refractivity contribution is 5.86. The van der Waals surface area contributed by atoms with Crippen molar-refractivity contribution in [3.05, 3.63) is 70.5 Å². The molecule has 5 rings (SSSR count). The van der Waals surface area contributed by atoms with Crippen molar-refractivity contribution < 1.29 is 9.47 Å². The van der Waals surface area contributed by atoms with Crippen LogP contribution in [0.15, 0.2) is 53.7 Å². The normalized spacial score (nSPS) is 14.0. The first-order valence-electron chi connectivity index (χ1n) is 12.1. The fourth-order valence-electron chi connectivity index (χ4n) is 4.54. The first kappa shape index (κ1) is 22.6. The number of aromatic nitrogens is 3. The van der Waals surface area contributed by atoms with Crippen LogP contribution < -0.4 is 15.6 Å². The van der Waals surface area contributed by atoms with E-state index in [2.05, 4.69) is 39.6 Å². The van der Waals surface area contributed by atoms with E-state index in [1.807, 2.05) is 12.3 Å². The Bertz CT molecular complexity index is 1320. The number of benzene rings is 1. The minimum atomic E-state index is -0.0696. The van der Waals surface area contributed by atoms with Gasteiger partial charge in [0.1, 0.15) is 5.75 Å². The largest absolute Gasteiger partial charge is 0.491 e. The maximum atomic E-state index is 13.2. The van der Waals surface area contributed by atoms with Crippen LogP contribution in [0.5, 0.6) is 5.75 Å². The molecular formula is C27H32N4O3. The van der Waals surface area contributed by atoms with Crippen LogP contribution in [-0.2, 0) is 17.8 Å². The molecule has 1 saturated carbocycles. The third kappa shape index (κ3) is 5.00. The molecule has 0 radical (unpaired) electrons. The molecule has 0 atom stereocenters. The number of methoxy groups -OCH3 is 1. The lowest BCUT2D eigenvalue weighted by molar-refractivity contribution is 0.172. The summed E-state index contributed by atoms with van der Waals surface area (Å²) < 4.78 is 12.6. The Hall–Kier alpha value is -3.16. The average Bonchev–Trinajstić information content (AvgIpc) is 3.22. The highest BCUT2D eigenvalue weighted by atomic mass is 16.5. The van der Waals surface area contributed by atoms with Gasteiger partial charge in [0.15, 0.2) is 0 Å². The molecule has 178 valence electrons. The molecule has 0 unspecified atom stereocenters. The van der Waals surface area contributed by atoms with Crippen molar-refractivity contribution in [2.45, 2.75) is 38.8 Å². The number of aromatic amines is 1. The van der Waals surface area contributed by atoms with E-state index in [9.17, 15) is 4.79 Å². The molecule has 1 fully saturated rings. The van der Waals surface area contributed by atoms with E-state index in [1.165, 1.54) is 30.3 Å². The Balaban J connectivity index is 1.30. The number of pyridine rings is 2. The summed E-state index contributed by atoms with van der Waals surface area (Å²) >= 11 is 0. The van der Waals surface area contributed by atoms with E-state index in [4.69, 9.17) is 9.47 Å². The molecule has 4 aromatic rings. The number of hydrogen-bond donors (Lipinski definition) is 2. The van der Waals surface area contributed by atoms with Gasteiger partial charge < -0.3 is 24.3 Å². The molecule has 34 heavy (non-hydrogen) atoms. The van der Waals surface area contributed by atoms with E-state index in [0.717, 1.165) is 41.9 Å². The summed E-state index contributed by atoms with van der Waals surface area (Å²) in [5, 5.41) is 6.10. The molecule has 2 N–H and O–H groups in total. The Kier molecular flexibility index (Phi) is 6.92. The van der Waals surface area contributed by atoms with Crippen LogP contribution in [0.2, 0.25) is 0 Å². The van der Waals surface area contributed by atoms with Crippen LogP contribution in [0, 0.1) is 5.92 Å². The first-order chi connectivity index (χ1) is 16.7. The highest BCUT2D eigenvalue weighted by Gasteiger charge is 2.16. The van der Waals surface area contributed by atoms with E-state index in [-0.39, 0.29) is 5.56 Å². The van der Waals surface area contributed by atoms with Gasteiger partial charge in [0.2, 0.25) is 0 Å². The first-order valence-corrected chi connectivity index (χ1v) is 12.1. The number of nitrogens with one attached hydrogen (secondary N) is 2. The number of ether oxygens (including phenoxy) is 2. The molecule has 0 amide bonds. The maximum Gasteiger partial charge on any atom is 0.260 e. The van der Waals surface area contributed by atoms with Gasteiger partial charge in [0, 0.05) is 55.7 Å². The molecule has 1 aliphatic carbocycles. The molecule has 7 nitrogen and oxygen atoms in total. The number of fused-ring (bicyclic) bond motifs is 2. The topological polar surface area (TPSA) is 81.2 Å². The van der Waals surface area contributed by atoms with Crippen LogP contribution in [0.3, 0.4) is 0 Å². The quantitative estimate of drug-likeness (QED) is 0.328. The monoisotopic (exact) mass is 460 g/mol. The summed E-state index contributed by atoms with van der Waals surface area (Å²) in [6.45, 7) is 3.60. The van der Waals surface area contributed by atoms with Crippen molar-refractivity contribution in [1.82, 2.24) is 19.9 Å². The second-order valence-electron chi connectivity index (χ2n) is 9.19. The van der Waals surface area contributed by atoms with Gasteiger partial charge in [-0.15, -0.1) is 0 Å². The Morgan fingerprint density at radius 2 is 2.06 bits per heavy atom. The van der Waals surface area contributed by atoms with Gasteiger partial charge in [-0.05, 0) is 54.5 Å². The maximum absolute atomic E-state index is 13.2. The van der Waals surface area contributed by atoms with Gasteiger partial charge in [0.25, 0.3) is 5.56 Å². The summed E-state index contributed by atoms with van der Waals surface area (Å²) in [7, 11) is 1.67. The van der Waals surface area contributed by atoms with Crippen molar-refractivity contribution in [2.75, 3.05) is 26.9 Å². The van der Waals surface area contributed by atoms with Crippen molar-refractivity contribution in [3.8, 4) is 5.75 Å². The standard InChI is InChI=1S/C27H32N4O3/c1-33-10-3-11-34-26-17-29-16-24-23(26)8-9-31(27(24)32)18-20-6-7-21-13-22(30-25(21)12-20)15-28-14-19-4-2-5-19/h6-9,12-13,16-17,19,28,30H,2-5,10-11,14-15,18H2,1H3. The summed E-state index contributed by atoms with van der Waals surface area (Å²) in [4.78, 5) is 20.9. The lowest BCUT2D eigenvalue weighted by Crippen LogP contribution is -2.26. The van der Waals surface area contributed by atoms with Crippen LogP contribution in [0.1, 0.15) is 36.9 Å². The predicted octanol–water partition coefficient (Wildman–Crippen LogP) is 4.23. The zero-order valence-electron chi connectivity index (χ0n) is 19.7. The van der Waals surface area contributed by atoms with Crippen molar-refractivity contribution in [1.29, 1.82) is 0 Å². The molecule has 0 aliphatic heterocycles. The van der Waals surface area contributed by atoms with Gasteiger partial charge in [-0.25, -0.2) is 0 Å². The van der Waals surface area contributed by atoms with E-state index < -0.39 is 0 Å². The predicted molar refractivity (Wildman–Crippen MR) is 134 cm³/mol. The van der Waals surface area contributed by atoms with Crippen LogP contribution in [0.4, 0.5) is 0 Å². The Labute approximate surface area is 199 Å². The highest BCUT2D eigenvalue weighted by Crippen LogP contribution is 2.25. The minimum absolute atomic E-state index is 0.0696. The second-order valence-corrected chi connectivity index (χ2v) is 9.19. The number of nitrogens with zero attached hydrogens (tertiary/aromatic N) is 2. The van der Waals surface area contributed by atoms with E-state index in [0.29, 0.717) is 30.9 Å². The Morgan fingerprint density at radius 1 is 1.15 bits per heavy atom. The molecule has 0 saturated heterocycles. The number of H-pyrrole nitrogens is 1. The van der Waals surface area contributed by atoms with Crippen molar-refractivity contribution in [2.24, 2.45) is 5.92 Å². The van der Waals surface area contributed by atoms with Crippen LogP contribution >= 0.6 is 0 Å². The number of hydrogen-bond acceptors (Lipinski definition) is 5. The van der Waals surface area contributed by atoms with E-state index in [1.54, 1.807) is 24.1 Å². The zero-order valence-corrected chi connectivity index (χ0v) is 19.7. The molecule has 1 aliphatic rings. The molecule has 3 aromatic heterocycles. The molecule has 0 bridgehead atoms. The van der Waals surface area contributed by atoms with Crippen molar-refractivity contribution >= 4 is 21.7 Å².